The number of hydrogen-bond acceptors (Lipinski definition) is 4. The molecule has 0 saturated carbocycles. The first-order chi connectivity index (χ1) is 12.8. The van der Waals surface area contributed by atoms with Crippen molar-refractivity contribution in [2.24, 2.45) is 0 Å². The van der Waals surface area contributed by atoms with E-state index in [-0.39, 0.29) is 5.91 Å². The van der Waals surface area contributed by atoms with Crippen molar-refractivity contribution in [1.29, 1.82) is 0 Å². The molecule has 0 spiro atoms. The van der Waals surface area contributed by atoms with Crippen LogP contribution in [0.5, 0.6) is 0 Å². The van der Waals surface area contributed by atoms with E-state index in [0.717, 1.165) is 30.8 Å². The van der Waals surface area contributed by atoms with Crippen molar-refractivity contribution >= 4 is 22.9 Å². The lowest BCUT2D eigenvalue weighted by Crippen LogP contribution is -2.32. The van der Waals surface area contributed by atoms with Gasteiger partial charge in [-0.3, -0.25) is 9.69 Å². The largest absolute Gasteiger partial charge is 0.468 e. The van der Waals surface area contributed by atoms with Gasteiger partial charge in [-0.1, -0.05) is 12.1 Å². The summed E-state index contributed by atoms with van der Waals surface area (Å²) in [6.45, 7) is 1.67. The number of nitrogens with one attached hydrogen (secondary N) is 1. The molecular formula is C21H22N2O2S. The highest BCUT2D eigenvalue weighted by Crippen LogP contribution is 2.25. The van der Waals surface area contributed by atoms with Gasteiger partial charge < -0.3 is 9.73 Å². The second kappa shape index (κ2) is 7.89. The number of rotatable bonds is 7. The molecule has 0 atom stereocenters. The molecule has 2 aromatic heterocycles. The zero-order chi connectivity index (χ0) is 17.8. The standard InChI is InChI=1S/C21H22N2O2S/c24-21(22-18-9-8-16-4-1-5-17(16)12-18)15-23(13-19-6-2-10-25-19)14-20-7-3-11-26-20/h2-3,6-12H,1,4-5,13-15H2,(H,22,24). The first kappa shape index (κ1) is 17.1. The van der Waals surface area contributed by atoms with Crippen LogP contribution < -0.4 is 5.32 Å². The minimum atomic E-state index is 0.00561. The van der Waals surface area contributed by atoms with Crippen LogP contribution in [-0.2, 0) is 30.7 Å². The van der Waals surface area contributed by atoms with Crippen molar-refractivity contribution in [2.75, 3.05) is 11.9 Å². The van der Waals surface area contributed by atoms with Crippen molar-refractivity contribution in [3.8, 4) is 0 Å². The van der Waals surface area contributed by atoms with Gasteiger partial charge in [0.25, 0.3) is 0 Å². The van der Waals surface area contributed by atoms with E-state index in [2.05, 4.69) is 33.8 Å². The molecule has 1 aliphatic rings. The maximum atomic E-state index is 12.6. The van der Waals surface area contributed by atoms with Crippen molar-refractivity contribution in [3.05, 3.63) is 75.9 Å². The van der Waals surface area contributed by atoms with Crippen LogP contribution in [0.3, 0.4) is 0 Å². The fraction of sp³-hybridized carbons (Fsp3) is 0.286. The van der Waals surface area contributed by atoms with Gasteiger partial charge in [0.1, 0.15) is 5.76 Å². The van der Waals surface area contributed by atoms with Gasteiger partial charge in [0.2, 0.25) is 5.91 Å². The zero-order valence-corrected chi connectivity index (χ0v) is 15.4. The molecule has 0 radical (unpaired) electrons. The predicted octanol–water partition coefficient (Wildman–Crippen LogP) is 4.47. The van der Waals surface area contributed by atoms with Gasteiger partial charge in [0.15, 0.2) is 0 Å². The van der Waals surface area contributed by atoms with E-state index in [4.69, 9.17) is 4.42 Å². The van der Waals surface area contributed by atoms with E-state index in [1.54, 1.807) is 17.6 Å². The summed E-state index contributed by atoms with van der Waals surface area (Å²) in [4.78, 5) is 15.9. The van der Waals surface area contributed by atoms with E-state index in [1.165, 1.54) is 22.4 Å². The molecule has 0 fully saturated rings. The number of amides is 1. The molecular weight excluding hydrogens is 344 g/mol. The molecule has 0 aliphatic heterocycles. The third-order valence-corrected chi connectivity index (χ3v) is 5.53. The van der Waals surface area contributed by atoms with Crippen LogP contribution in [-0.4, -0.2) is 17.4 Å². The Balaban J connectivity index is 1.41. The Labute approximate surface area is 157 Å². The van der Waals surface area contributed by atoms with Crippen LogP contribution in [0.4, 0.5) is 5.69 Å². The van der Waals surface area contributed by atoms with Crippen molar-refractivity contribution in [2.45, 2.75) is 32.4 Å². The van der Waals surface area contributed by atoms with Gasteiger partial charge in [-0.2, -0.15) is 0 Å². The average Bonchev–Trinajstić information content (AvgIpc) is 3.36. The fourth-order valence-electron chi connectivity index (χ4n) is 3.47. The summed E-state index contributed by atoms with van der Waals surface area (Å²) in [6.07, 6.45) is 5.15. The lowest BCUT2D eigenvalue weighted by molar-refractivity contribution is -0.117. The fourth-order valence-corrected chi connectivity index (χ4v) is 4.21. The molecule has 3 aromatic rings. The molecule has 5 heteroatoms. The number of aryl methyl sites for hydroxylation is 2. The number of thiophene rings is 1. The quantitative estimate of drug-likeness (QED) is 0.671. The normalized spacial score (nSPS) is 13.1. The van der Waals surface area contributed by atoms with Gasteiger partial charge in [-0.25, -0.2) is 0 Å². The number of benzene rings is 1. The molecule has 1 aliphatic carbocycles. The Morgan fingerprint density at radius 2 is 2.04 bits per heavy atom. The van der Waals surface area contributed by atoms with E-state index < -0.39 is 0 Å². The Hall–Kier alpha value is -2.37. The van der Waals surface area contributed by atoms with Crippen molar-refractivity contribution < 1.29 is 9.21 Å². The van der Waals surface area contributed by atoms with Gasteiger partial charge in [-0.05, 0) is 66.1 Å². The number of carbonyl (C=O) groups is 1. The van der Waals surface area contributed by atoms with Crippen LogP contribution >= 0.6 is 11.3 Å². The molecule has 4 nitrogen and oxygen atoms in total. The van der Waals surface area contributed by atoms with Gasteiger partial charge in [-0.15, -0.1) is 11.3 Å². The molecule has 26 heavy (non-hydrogen) atoms. The summed E-state index contributed by atoms with van der Waals surface area (Å²) in [5.74, 6) is 0.873. The second-order valence-corrected chi connectivity index (χ2v) is 7.72. The van der Waals surface area contributed by atoms with Crippen molar-refractivity contribution in [3.63, 3.8) is 0 Å². The summed E-state index contributed by atoms with van der Waals surface area (Å²) < 4.78 is 5.46. The highest BCUT2D eigenvalue weighted by atomic mass is 32.1. The smallest absolute Gasteiger partial charge is 0.238 e. The maximum Gasteiger partial charge on any atom is 0.238 e. The Morgan fingerprint density at radius 1 is 1.12 bits per heavy atom. The first-order valence-electron chi connectivity index (χ1n) is 8.95. The van der Waals surface area contributed by atoms with Crippen LogP contribution in [0.25, 0.3) is 0 Å². The predicted molar refractivity (Wildman–Crippen MR) is 104 cm³/mol. The number of carbonyl (C=O) groups excluding carboxylic acids is 1. The first-order valence-corrected chi connectivity index (χ1v) is 9.83. The van der Waals surface area contributed by atoms with Crippen molar-refractivity contribution in [1.82, 2.24) is 4.90 Å². The highest BCUT2D eigenvalue weighted by Gasteiger charge is 2.16. The molecule has 1 aromatic carbocycles. The number of anilines is 1. The topological polar surface area (TPSA) is 45.5 Å². The van der Waals surface area contributed by atoms with Crippen LogP contribution in [0, 0.1) is 0 Å². The SMILES string of the molecule is O=C(CN(Cc1ccco1)Cc1cccs1)Nc1ccc2c(c1)CCC2. The molecule has 134 valence electrons. The summed E-state index contributed by atoms with van der Waals surface area (Å²) in [7, 11) is 0. The Morgan fingerprint density at radius 3 is 2.85 bits per heavy atom. The summed E-state index contributed by atoms with van der Waals surface area (Å²) >= 11 is 1.70. The average molecular weight is 366 g/mol. The minimum absolute atomic E-state index is 0.00561. The van der Waals surface area contributed by atoms with E-state index in [1.807, 2.05) is 24.3 Å². The third kappa shape index (κ3) is 4.23. The maximum absolute atomic E-state index is 12.6. The molecule has 0 bridgehead atoms. The van der Waals surface area contributed by atoms with E-state index >= 15 is 0 Å². The van der Waals surface area contributed by atoms with E-state index in [0.29, 0.717) is 13.1 Å². The molecule has 2 heterocycles. The summed E-state index contributed by atoms with van der Waals surface area (Å²) in [5.41, 5.74) is 3.68. The monoisotopic (exact) mass is 366 g/mol. The van der Waals surface area contributed by atoms with E-state index in [9.17, 15) is 4.79 Å². The van der Waals surface area contributed by atoms with Crippen LogP contribution in [0.1, 0.15) is 28.2 Å². The van der Waals surface area contributed by atoms with Gasteiger partial charge >= 0.3 is 0 Å². The lowest BCUT2D eigenvalue weighted by atomic mass is 10.1. The molecule has 0 unspecified atom stereocenters. The third-order valence-electron chi connectivity index (χ3n) is 4.67. The highest BCUT2D eigenvalue weighted by molar-refractivity contribution is 7.09. The molecule has 1 amide bonds. The summed E-state index contributed by atoms with van der Waals surface area (Å²) in [6, 6.07) is 14.2. The number of furan rings is 1. The van der Waals surface area contributed by atoms with Crippen LogP contribution in [0.2, 0.25) is 0 Å². The number of fused-ring (bicyclic) bond motifs is 1. The lowest BCUT2D eigenvalue weighted by Gasteiger charge is -2.20. The Kier molecular flexibility index (Phi) is 5.18. The number of hydrogen-bond donors (Lipinski definition) is 1. The molecule has 0 saturated heterocycles. The second-order valence-electron chi connectivity index (χ2n) is 6.69. The summed E-state index contributed by atoms with van der Waals surface area (Å²) in [5, 5.41) is 5.11. The molecule has 1 N–H and O–H groups in total. The zero-order valence-electron chi connectivity index (χ0n) is 14.6. The molecule has 4 rings (SSSR count). The van der Waals surface area contributed by atoms with Gasteiger partial charge in [0, 0.05) is 17.1 Å². The number of nitrogens with zero attached hydrogens (tertiary/aromatic N) is 1. The minimum Gasteiger partial charge on any atom is -0.468 e. The van der Waals surface area contributed by atoms with Gasteiger partial charge in [0.05, 0.1) is 19.4 Å². The van der Waals surface area contributed by atoms with Crippen LogP contribution in [0.15, 0.2) is 58.5 Å². The Bertz CT molecular complexity index is 820.